The Labute approximate surface area is 145 Å². The van der Waals surface area contributed by atoms with E-state index in [1.54, 1.807) is 23.1 Å². The molecule has 9 heteroatoms. The van der Waals surface area contributed by atoms with Crippen LogP contribution in [0.15, 0.2) is 41.6 Å². The van der Waals surface area contributed by atoms with E-state index in [9.17, 15) is 13.2 Å². The van der Waals surface area contributed by atoms with Crippen molar-refractivity contribution in [1.29, 1.82) is 0 Å². The molecule has 1 aliphatic rings. The second-order valence-electron chi connectivity index (χ2n) is 5.67. The molecule has 0 saturated heterocycles. The lowest BCUT2D eigenvalue weighted by molar-refractivity contribution is 0.0487. The van der Waals surface area contributed by atoms with Gasteiger partial charge in [-0.15, -0.1) is 0 Å². The summed E-state index contributed by atoms with van der Waals surface area (Å²) in [4.78, 5) is 12.1. The molecule has 25 heavy (non-hydrogen) atoms. The lowest BCUT2D eigenvalue weighted by atomic mass is 10.2. The van der Waals surface area contributed by atoms with Gasteiger partial charge >= 0.3 is 5.97 Å². The van der Waals surface area contributed by atoms with Crippen molar-refractivity contribution >= 4 is 16.0 Å². The predicted molar refractivity (Wildman–Crippen MR) is 88.8 cm³/mol. The molecule has 134 valence electrons. The summed E-state index contributed by atoms with van der Waals surface area (Å²) in [5.74, 6) is -0.418. The van der Waals surface area contributed by atoms with Crippen LogP contribution in [0.3, 0.4) is 0 Å². The lowest BCUT2D eigenvalue weighted by Gasteiger charge is -2.12. The van der Waals surface area contributed by atoms with Gasteiger partial charge in [-0.1, -0.05) is 0 Å². The first-order valence-electron chi connectivity index (χ1n) is 7.84. The molecule has 0 bridgehead atoms. The van der Waals surface area contributed by atoms with E-state index in [1.807, 2.05) is 0 Å². The zero-order chi connectivity index (χ0) is 17.9. The van der Waals surface area contributed by atoms with Gasteiger partial charge in [0.2, 0.25) is 10.0 Å². The van der Waals surface area contributed by atoms with Crippen molar-refractivity contribution in [3.05, 3.63) is 42.2 Å². The summed E-state index contributed by atoms with van der Waals surface area (Å²) in [5, 5.41) is 4.01. The molecular weight excluding hydrogens is 346 g/mol. The van der Waals surface area contributed by atoms with Gasteiger partial charge in [0, 0.05) is 18.4 Å². The third-order valence-corrected chi connectivity index (χ3v) is 5.24. The summed E-state index contributed by atoms with van der Waals surface area (Å²) in [6.07, 6.45) is 5.03. The van der Waals surface area contributed by atoms with Crippen molar-refractivity contribution in [2.75, 3.05) is 13.7 Å². The quantitative estimate of drug-likeness (QED) is 0.706. The number of sulfonamides is 1. The summed E-state index contributed by atoms with van der Waals surface area (Å²) in [5.41, 5.74) is 0.150. The summed E-state index contributed by atoms with van der Waals surface area (Å²) in [6.45, 7) is 0.554. The standard InChI is InChI=1S/C16H19N3O5S/c1-23-14-6-3-12(11-15(14)25(21,22)18-13-4-5-13)16(20)24-10-9-19-8-2-7-17-19/h2-3,6-8,11,13,18H,4-5,9-10H2,1H3. The zero-order valence-electron chi connectivity index (χ0n) is 13.7. The fourth-order valence-corrected chi connectivity index (χ4v) is 3.75. The van der Waals surface area contributed by atoms with Gasteiger partial charge in [0.1, 0.15) is 17.3 Å². The molecular formula is C16H19N3O5S. The van der Waals surface area contributed by atoms with E-state index >= 15 is 0 Å². The van der Waals surface area contributed by atoms with Gasteiger partial charge in [0.25, 0.3) is 0 Å². The summed E-state index contributed by atoms with van der Waals surface area (Å²) in [7, 11) is -2.37. The van der Waals surface area contributed by atoms with Crippen molar-refractivity contribution in [3.63, 3.8) is 0 Å². The van der Waals surface area contributed by atoms with E-state index in [0.717, 1.165) is 12.8 Å². The van der Waals surface area contributed by atoms with Crippen molar-refractivity contribution in [2.45, 2.75) is 30.3 Å². The first-order chi connectivity index (χ1) is 12.0. The van der Waals surface area contributed by atoms with Gasteiger partial charge in [-0.2, -0.15) is 5.10 Å². The molecule has 1 heterocycles. The van der Waals surface area contributed by atoms with Crippen LogP contribution in [0.4, 0.5) is 0 Å². The van der Waals surface area contributed by atoms with E-state index in [0.29, 0.717) is 6.54 Å². The Morgan fingerprint density at radius 3 is 2.84 bits per heavy atom. The molecule has 0 radical (unpaired) electrons. The number of nitrogens with one attached hydrogen (secondary N) is 1. The molecule has 0 spiro atoms. The molecule has 3 rings (SSSR count). The van der Waals surface area contributed by atoms with Crippen LogP contribution >= 0.6 is 0 Å². The Hall–Kier alpha value is -2.39. The second-order valence-corrected chi connectivity index (χ2v) is 7.35. The second kappa shape index (κ2) is 7.24. The van der Waals surface area contributed by atoms with E-state index in [2.05, 4.69) is 9.82 Å². The van der Waals surface area contributed by atoms with Crippen molar-refractivity contribution in [1.82, 2.24) is 14.5 Å². The Balaban J connectivity index is 1.72. The number of nitrogens with zero attached hydrogens (tertiary/aromatic N) is 2. The highest BCUT2D eigenvalue weighted by molar-refractivity contribution is 7.89. The summed E-state index contributed by atoms with van der Waals surface area (Å²) >= 11 is 0. The van der Waals surface area contributed by atoms with Crippen molar-refractivity contribution < 1.29 is 22.7 Å². The Morgan fingerprint density at radius 1 is 1.40 bits per heavy atom. The topological polar surface area (TPSA) is 99.5 Å². The van der Waals surface area contributed by atoms with E-state index in [-0.39, 0.29) is 28.9 Å². The number of rotatable bonds is 8. The van der Waals surface area contributed by atoms with Crippen LogP contribution in [0.25, 0.3) is 0 Å². The van der Waals surface area contributed by atoms with E-state index in [1.165, 1.54) is 25.3 Å². The van der Waals surface area contributed by atoms with Crippen LogP contribution in [0.1, 0.15) is 23.2 Å². The van der Waals surface area contributed by atoms with Crippen LogP contribution in [-0.2, 0) is 21.3 Å². The minimum absolute atomic E-state index is 0.0422. The average molecular weight is 365 g/mol. The number of carbonyl (C=O) groups excluding carboxylic acids is 1. The van der Waals surface area contributed by atoms with Gasteiger partial charge < -0.3 is 9.47 Å². The molecule has 2 aromatic rings. The average Bonchev–Trinajstić information content (AvgIpc) is 3.24. The molecule has 0 atom stereocenters. The number of carbonyl (C=O) groups is 1. The number of hydrogen-bond acceptors (Lipinski definition) is 6. The Bertz CT molecular complexity index is 845. The number of aromatic nitrogens is 2. The Kier molecular flexibility index (Phi) is 5.05. The molecule has 1 aromatic heterocycles. The van der Waals surface area contributed by atoms with Crippen molar-refractivity contribution in [3.8, 4) is 5.75 Å². The predicted octanol–water partition coefficient (Wildman–Crippen LogP) is 1.19. The zero-order valence-corrected chi connectivity index (χ0v) is 14.5. The van der Waals surface area contributed by atoms with E-state index < -0.39 is 16.0 Å². The maximum atomic E-state index is 12.5. The van der Waals surface area contributed by atoms with Gasteiger partial charge in [0.15, 0.2) is 0 Å². The minimum Gasteiger partial charge on any atom is -0.495 e. The van der Waals surface area contributed by atoms with Crippen LogP contribution in [0.2, 0.25) is 0 Å². The largest absolute Gasteiger partial charge is 0.495 e. The molecule has 1 aliphatic carbocycles. The molecule has 0 amide bonds. The molecule has 1 fully saturated rings. The first kappa shape index (κ1) is 17.4. The van der Waals surface area contributed by atoms with Gasteiger partial charge in [0.05, 0.1) is 19.2 Å². The number of methoxy groups -OCH3 is 1. The normalized spacial score (nSPS) is 14.3. The molecule has 1 saturated carbocycles. The smallest absolute Gasteiger partial charge is 0.338 e. The maximum absolute atomic E-state index is 12.5. The number of esters is 1. The van der Waals surface area contributed by atoms with Crippen LogP contribution in [0.5, 0.6) is 5.75 Å². The number of benzene rings is 1. The molecule has 0 aliphatic heterocycles. The highest BCUT2D eigenvalue weighted by atomic mass is 32.2. The minimum atomic E-state index is -3.75. The van der Waals surface area contributed by atoms with Gasteiger partial charge in [-0.25, -0.2) is 17.9 Å². The van der Waals surface area contributed by atoms with Crippen molar-refractivity contribution in [2.24, 2.45) is 0 Å². The van der Waals surface area contributed by atoms with Crippen LogP contribution in [-0.4, -0.2) is 43.9 Å². The molecule has 8 nitrogen and oxygen atoms in total. The fraction of sp³-hybridized carbons (Fsp3) is 0.375. The van der Waals surface area contributed by atoms with Crippen LogP contribution in [0, 0.1) is 0 Å². The summed E-state index contributed by atoms with van der Waals surface area (Å²) < 4.78 is 39.4. The fourth-order valence-electron chi connectivity index (χ4n) is 2.25. The number of hydrogen-bond donors (Lipinski definition) is 1. The third kappa shape index (κ3) is 4.37. The summed E-state index contributed by atoms with van der Waals surface area (Å²) in [6, 6.07) is 5.94. The molecule has 0 unspecified atom stereocenters. The Morgan fingerprint density at radius 2 is 2.20 bits per heavy atom. The molecule has 1 N–H and O–H groups in total. The van der Waals surface area contributed by atoms with Crippen LogP contribution < -0.4 is 9.46 Å². The van der Waals surface area contributed by atoms with Gasteiger partial charge in [-0.3, -0.25) is 4.68 Å². The molecule has 1 aromatic carbocycles. The van der Waals surface area contributed by atoms with E-state index in [4.69, 9.17) is 9.47 Å². The first-order valence-corrected chi connectivity index (χ1v) is 9.33. The third-order valence-electron chi connectivity index (χ3n) is 3.70. The highest BCUT2D eigenvalue weighted by Crippen LogP contribution is 2.28. The van der Waals surface area contributed by atoms with Gasteiger partial charge in [-0.05, 0) is 37.1 Å². The SMILES string of the molecule is COc1ccc(C(=O)OCCn2cccn2)cc1S(=O)(=O)NC1CC1. The maximum Gasteiger partial charge on any atom is 0.338 e. The highest BCUT2D eigenvalue weighted by Gasteiger charge is 2.30. The lowest BCUT2D eigenvalue weighted by Crippen LogP contribution is -2.26. The monoisotopic (exact) mass is 365 g/mol. The number of ether oxygens (including phenoxy) is 2.